The van der Waals surface area contributed by atoms with E-state index in [1.165, 1.54) is 0 Å². The van der Waals surface area contributed by atoms with Gasteiger partial charge in [-0.25, -0.2) is 13.1 Å². The Morgan fingerprint density at radius 2 is 1.84 bits per heavy atom. The maximum Gasteiger partial charge on any atom is 0.240 e. The molecule has 3 rings (SSSR count). The molecule has 25 heavy (non-hydrogen) atoms. The first-order valence-electron chi connectivity index (χ1n) is 7.90. The molecule has 2 aromatic carbocycles. The quantitative estimate of drug-likeness (QED) is 0.733. The Balaban J connectivity index is 1.65. The highest BCUT2D eigenvalue weighted by molar-refractivity contribution is 7.89. The van der Waals surface area contributed by atoms with E-state index in [4.69, 9.17) is 4.52 Å². The molecule has 130 valence electrons. The second-order valence-electron chi connectivity index (χ2n) is 5.79. The number of benzene rings is 2. The van der Waals surface area contributed by atoms with E-state index in [0.717, 1.165) is 11.1 Å². The molecule has 0 amide bonds. The fraction of sp³-hybridized carbons (Fsp3) is 0.222. The third-order valence-electron chi connectivity index (χ3n) is 3.76. The Morgan fingerprint density at radius 1 is 1.08 bits per heavy atom. The van der Waals surface area contributed by atoms with Crippen LogP contribution in [0.15, 0.2) is 57.9 Å². The lowest BCUT2D eigenvalue weighted by Gasteiger charge is -2.09. The van der Waals surface area contributed by atoms with Crippen molar-refractivity contribution in [2.24, 2.45) is 0 Å². The minimum atomic E-state index is -3.57. The van der Waals surface area contributed by atoms with Crippen molar-refractivity contribution in [1.82, 2.24) is 14.9 Å². The summed E-state index contributed by atoms with van der Waals surface area (Å²) in [7, 11) is -3.57. The number of hydrogen-bond donors (Lipinski definition) is 1. The molecule has 0 bridgehead atoms. The van der Waals surface area contributed by atoms with Crippen molar-refractivity contribution in [3.8, 4) is 11.4 Å². The van der Waals surface area contributed by atoms with Crippen molar-refractivity contribution in [3.63, 3.8) is 0 Å². The van der Waals surface area contributed by atoms with E-state index in [1.54, 1.807) is 19.1 Å². The summed E-state index contributed by atoms with van der Waals surface area (Å²) in [6, 6.07) is 14.8. The van der Waals surface area contributed by atoms with Gasteiger partial charge in [-0.2, -0.15) is 4.98 Å². The molecule has 0 aliphatic carbocycles. The van der Waals surface area contributed by atoms with Gasteiger partial charge < -0.3 is 4.52 Å². The summed E-state index contributed by atoms with van der Waals surface area (Å²) in [6.45, 7) is 3.83. The molecule has 1 aromatic heterocycles. The predicted octanol–water partition coefficient (Wildman–Crippen LogP) is 2.87. The van der Waals surface area contributed by atoms with Crippen molar-refractivity contribution in [2.75, 3.05) is 6.54 Å². The van der Waals surface area contributed by atoms with Crippen LogP contribution in [0.4, 0.5) is 0 Å². The van der Waals surface area contributed by atoms with Crippen LogP contribution in [0.2, 0.25) is 0 Å². The molecule has 0 saturated heterocycles. The third kappa shape index (κ3) is 4.12. The Bertz CT molecular complexity index is 966. The van der Waals surface area contributed by atoms with Gasteiger partial charge in [0.15, 0.2) is 0 Å². The van der Waals surface area contributed by atoms with E-state index in [9.17, 15) is 8.42 Å². The first-order chi connectivity index (χ1) is 12.0. The Labute approximate surface area is 147 Å². The highest BCUT2D eigenvalue weighted by Gasteiger charge is 2.17. The Kier molecular flexibility index (Phi) is 4.96. The van der Waals surface area contributed by atoms with Crippen LogP contribution in [0.1, 0.15) is 17.0 Å². The van der Waals surface area contributed by atoms with Gasteiger partial charge in [-0.05, 0) is 31.0 Å². The van der Waals surface area contributed by atoms with Gasteiger partial charge in [0.1, 0.15) is 0 Å². The van der Waals surface area contributed by atoms with E-state index in [0.29, 0.717) is 28.6 Å². The molecule has 6 nitrogen and oxygen atoms in total. The molecule has 0 unspecified atom stereocenters. The smallest absolute Gasteiger partial charge is 0.240 e. The van der Waals surface area contributed by atoms with E-state index >= 15 is 0 Å². The van der Waals surface area contributed by atoms with Crippen molar-refractivity contribution in [1.29, 1.82) is 0 Å². The van der Waals surface area contributed by atoms with Crippen LogP contribution in [-0.4, -0.2) is 25.1 Å². The van der Waals surface area contributed by atoms with Gasteiger partial charge in [-0.15, -0.1) is 0 Å². The topological polar surface area (TPSA) is 85.1 Å². The maximum absolute atomic E-state index is 12.4. The monoisotopic (exact) mass is 357 g/mol. The summed E-state index contributed by atoms with van der Waals surface area (Å²) < 4.78 is 32.7. The largest absolute Gasteiger partial charge is 0.339 e. The van der Waals surface area contributed by atoms with Gasteiger partial charge in [-0.3, -0.25) is 0 Å². The lowest BCUT2D eigenvalue weighted by Crippen LogP contribution is -2.26. The molecule has 1 N–H and O–H groups in total. The molecular weight excluding hydrogens is 338 g/mol. The summed E-state index contributed by atoms with van der Waals surface area (Å²) in [4.78, 5) is 4.59. The lowest BCUT2D eigenvalue weighted by molar-refractivity contribution is 0.379. The van der Waals surface area contributed by atoms with Crippen LogP contribution >= 0.6 is 0 Å². The number of sulfonamides is 1. The first kappa shape index (κ1) is 17.3. The van der Waals surface area contributed by atoms with Gasteiger partial charge in [0.05, 0.1) is 4.90 Å². The summed E-state index contributed by atoms with van der Waals surface area (Å²) in [5.41, 5.74) is 2.46. The molecule has 7 heteroatoms. The summed E-state index contributed by atoms with van der Waals surface area (Å²) >= 11 is 0. The predicted molar refractivity (Wildman–Crippen MR) is 94.5 cm³/mol. The zero-order valence-electron chi connectivity index (χ0n) is 14.1. The number of hydrogen-bond acceptors (Lipinski definition) is 5. The molecule has 0 fully saturated rings. The minimum absolute atomic E-state index is 0.187. The van der Waals surface area contributed by atoms with Crippen LogP contribution in [0, 0.1) is 13.8 Å². The zero-order valence-corrected chi connectivity index (χ0v) is 14.9. The molecule has 0 aliphatic rings. The van der Waals surface area contributed by atoms with Crippen LogP contribution in [-0.2, 0) is 16.4 Å². The molecule has 0 radical (unpaired) electrons. The van der Waals surface area contributed by atoms with Crippen LogP contribution < -0.4 is 4.72 Å². The lowest BCUT2D eigenvalue weighted by atomic mass is 10.2. The summed E-state index contributed by atoms with van der Waals surface area (Å²) in [6.07, 6.45) is 0.323. The molecule has 0 aliphatic heterocycles. The minimum Gasteiger partial charge on any atom is -0.339 e. The molecule has 1 heterocycles. The standard InChI is InChI=1S/C18H19N3O3S/c1-13-8-9-14(2)16(12-13)25(22,23)19-11-10-17-20-18(21-24-17)15-6-4-3-5-7-15/h3-9,12,19H,10-11H2,1-2H3. The number of aromatic nitrogens is 2. The number of aryl methyl sites for hydroxylation is 2. The second-order valence-corrected chi connectivity index (χ2v) is 7.53. The first-order valence-corrected chi connectivity index (χ1v) is 9.39. The normalized spacial score (nSPS) is 11.6. The average molecular weight is 357 g/mol. The SMILES string of the molecule is Cc1ccc(C)c(S(=O)(=O)NCCc2nc(-c3ccccc3)no2)c1. The van der Waals surface area contributed by atoms with Gasteiger partial charge >= 0.3 is 0 Å². The highest BCUT2D eigenvalue weighted by Crippen LogP contribution is 2.17. The molecule has 3 aromatic rings. The Hall–Kier alpha value is -2.51. The van der Waals surface area contributed by atoms with Crippen molar-refractivity contribution in [2.45, 2.75) is 25.2 Å². The highest BCUT2D eigenvalue weighted by atomic mass is 32.2. The third-order valence-corrected chi connectivity index (χ3v) is 5.37. The maximum atomic E-state index is 12.4. The van der Waals surface area contributed by atoms with Crippen LogP contribution in [0.25, 0.3) is 11.4 Å². The molecule has 0 atom stereocenters. The number of rotatable bonds is 6. The van der Waals surface area contributed by atoms with Gasteiger partial charge in [0, 0.05) is 18.5 Å². The van der Waals surface area contributed by atoms with E-state index < -0.39 is 10.0 Å². The summed E-state index contributed by atoms with van der Waals surface area (Å²) in [5, 5.41) is 3.92. The van der Waals surface area contributed by atoms with Crippen molar-refractivity contribution < 1.29 is 12.9 Å². The van der Waals surface area contributed by atoms with Gasteiger partial charge in [0.25, 0.3) is 0 Å². The van der Waals surface area contributed by atoms with E-state index in [2.05, 4.69) is 14.9 Å². The van der Waals surface area contributed by atoms with Crippen LogP contribution in [0.5, 0.6) is 0 Å². The zero-order chi connectivity index (χ0) is 17.9. The fourth-order valence-electron chi connectivity index (χ4n) is 2.43. The molecular formula is C18H19N3O3S. The number of nitrogens with zero attached hydrogens (tertiary/aromatic N) is 2. The Morgan fingerprint density at radius 3 is 2.60 bits per heavy atom. The van der Waals surface area contributed by atoms with Gasteiger partial charge in [-0.1, -0.05) is 47.6 Å². The second kappa shape index (κ2) is 7.16. The summed E-state index contributed by atoms with van der Waals surface area (Å²) in [5.74, 6) is 0.885. The van der Waals surface area contributed by atoms with Gasteiger partial charge in [0.2, 0.25) is 21.7 Å². The molecule has 0 saturated carbocycles. The average Bonchev–Trinajstić information content (AvgIpc) is 3.06. The van der Waals surface area contributed by atoms with Crippen molar-refractivity contribution in [3.05, 3.63) is 65.5 Å². The number of nitrogens with one attached hydrogen (secondary N) is 1. The fourth-order valence-corrected chi connectivity index (χ4v) is 3.79. The molecule has 0 spiro atoms. The van der Waals surface area contributed by atoms with E-state index in [1.807, 2.05) is 43.3 Å². The van der Waals surface area contributed by atoms with Crippen LogP contribution in [0.3, 0.4) is 0 Å². The van der Waals surface area contributed by atoms with E-state index in [-0.39, 0.29) is 6.54 Å². The van der Waals surface area contributed by atoms with Crippen molar-refractivity contribution >= 4 is 10.0 Å².